The van der Waals surface area contributed by atoms with Crippen LogP contribution in [-0.4, -0.2) is 44.5 Å². The van der Waals surface area contributed by atoms with Crippen molar-refractivity contribution in [3.8, 4) is 0 Å². The molecule has 0 aliphatic carbocycles. The first-order chi connectivity index (χ1) is 9.13. The van der Waals surface area contributed by atoms with Crippen LogP contribution in [0.5, 0.6) is 0 Å². The van der Waals surface area contributed by atoms with E-state index in [1.807, 2.05) is 19.0 Å². The van der Waals surface area contributed by atoms with Gasteiger partial charge in [0.1, 0.15) is 5.82 Å². The van der Waals surface area contributed by atoms with E-state index in [1.165, 1.54) is 6.07 Å². The van der Waals surface area contributed by atoms with Crippen LogP contribution in [-0.2, 0) is 11.3 Å². The van der Waals surface area contributed by atoms with Gasteiger partial charge < -0.3 is 10.6 Å². The number of halogens is 1. The number of nitrogens with zero attached hydrogens (tertiary/aromatic N) is 1. The number of hydrogen-bond donors (Lipinski definition) is 2. The van der Waals surface area contributed by atoms with E-state index in [2.05, 4.69) is 10.6 Å². The Morgan fingerprint density at radius 3 is 2.79 bits per heavy atom. The number of carbonyl (C=O) groups excluding carboxylic acids is 1. The van der Waals surface area contributed by atoms with Gasteiger partial charge in [0.05, 0.1) is 6.54 Å². The van der Waals surface area contributed by atoms with Crippen molar-refractivity contribution < 1.29 is 9.18 Å². The van der Waals surface area contributed by atoms with Gasteiger partial charge in [-0.2, -0.15) is 0 Å². The summed E-state index contributed by atoms with van der Waals surface area (Å²) in [7, 11) is 3.81. The molecule has 4 nitrogen and oxygen atoms in total. The van der Waals surface area contributed by atoms with Gasteiger partial charge in [-0.25, -0.2) is 4.39 Å². The summed E-state index contributed by atoms with van der Waals surface area (Å²) in [4.78, 5) is 13.6. The average Bonchev–Trinajstić information content (AvgIpc) is 2.38. The Kier molecular flexibility index (Phi) is 7.07. The normalized spacial score (nSPS) is 10.7. The van der Waals surface area contributed by atoms with Gasteiger partial charge >= 0.3 is 0 Å². The molecule has 0 heterocycles. The minimum Gasteiger partial charge on any atom is -0.351 e. The van der Waals surface area contributed by atoms with Gasteiger partial charge in [0.25, 0.3) is 0 Å². The topological polar surface area (TPSA) is 44.4 Å². The van der Waals surface area contributed by atoms with Gasteiger partial charge in [-0.1, -0.05) is 18.2 Å². The van der Waals surface area contributed by atoms with Crippen LogP contribution in [0.4, 0.5) is 4.39 Å². The molecule has 0 spiro atoms. The Morgan fingerprint density at radius 2 is 2.11 bits per heavy atom. The van der Waals surface area contributed by atoms with Gasteiger partial charge in [0, 0.05) is 12.1 Å². The molecule has 1 rings (SSSR count). The van der Waals surface area contributed by atoms with E-state index in [0.29, 0.717) is 12.1 Å². The fourth-order valence-electron chi connectivity index (χ4n) is 1.74. The zero-order valence-corrected chi connectivity index (χ0v) is 11.6. The Labute approximate surface area is 114 Å². The van der Waals surface area contributed by atoms with Crippen LogP contribution in [0.1, 0.15) is 12.0 Å². The number of likely N-dealkylation sites (N-methyl/N-ethyl adjacent to an activating group) is 1. The van der Waals surface area contributed by atoms with E-state index >= 15 is 0 Å². The van der Waals surface area contributed by atoms with Crippen molar-refractivity contribution in [1.29, 1.82) is 0 Å². The fourth-order valence-corrected chi connectivity index (χ4v) is 1.74. The molecule has 0 saturated heterocycles. The van der Waals surface area contributed by atoms with Crippen LogP contribution < -0.4 is 10.6 Å². The summed E-state index contributed by atoms with van der Waals surface area (Å²) in [5, 5.41) is 5.79. The van der Waals surface area contributed by atoms with E-state index in [-0.39, 0.29) is 18.3 Å². The molecular formula is C14H22FN3O. The van der Waals surface area contributed by atoms with Crippen molar-refractivity contribution in [1.82, 2.24) is 15.5 Å². The van der Waals surface area contributed by atoms with Crippen molar-refractivity contribution in [3.63, 3.8) is 0 Å². The van der Waals surface area contributed by atoms with Crippen molar-refractivity contribution in [2.45, 2.75) is 13.0 Å². The molecule has 0 aliphatic rings. The lowest BCUT2D eigenvalue weighted by Gasteiger charge is -2.16. The maximum absolute atomic E-state index is 13.3. The van der Waals surface area contributed by atoms with Gasteiger partial charge in [-0.3, -0.25) is 9.69 Å². The molecule has 0 aliphatic heterocycles. The fraction of sp³-hybridized carbons (Fsp3) is 0.500. The minimum atomic E-state index is -0.287. The number of amides is 1. The third-order valence-electron chi connectivity index (χ3n) is 2.81. The number of rotatable bonds is 8. The summed E-state index contributed by atoms with van der Waals surface area (Å²) < 4.78 is 13.3. The van der Waals surface area contributed by atoms with Crippen LogP contribution in [0.2, 0.25) is 0 Å². The van der Waals surface area contributed by atoms with Crippen LogP contribution in [0.3, 0.4) is 0 Å². The molecule has 5 heteroatoms. The van der Waals surface area contributed by atoms with Crippen molar-refractivity contribution in [2.75, 3.05) is 33.7 Å². The van der Waals surface area contributed by atoms with Gasteiger partial charge in [-0.05, 0) is 39.7 Å². The first-order valence-corrected chi connectivity index (χ1v) is 6.46. The maximum atomic E-state index is 13.3. The Morgan fingerprint density at radius 1 is 1.37 bits per heavy atom. The second-order valence-corrected chi connectivity index (χ2v) is 4.56. The highest BCUT2D eigenvalue weighted by atomic mass is 19.1. The lowest BCUT2D eigenvalue weighted by Crippen LogP contribution is -2.36. The second kappa shape index (κ2) is 8.61. The van der Waals surface area contributed by atoms with Crippen molar-refractivity contribution in [3.05, 3.63) is 35.6 Å². The van der Waals surface area contributed by atoms with E-state index in [9.17, 15) is 9.18 Å². The number of carbonyl (C=O) groups is 1. The Balaban J connectivity index is 2.26. The zero-order chi connectivity index (χ0) is 14.1. The quantitative estimate of drug-likeness (QED) is 0.690. The molecular weight excluding hydrogens is 245 g/mol. The minimum absolute atomic E-state index is 0.0878. The zero-order valence-electron chi connectivity index (χ0n) is 11.6. The summed E-state index contributed by atoms with van der Waals surface area (Å²) in [5.41, 5.74) is 0.508. The molecule has 0 atom stereocenters. The lowest BCUT2D eigenvalue weighted by molar-refractivity contribution is -0.122. The third-order valence-corrected chi connectivity index (χ3v) is 2.81. The molecule has 1 amide bonds. The summed E-state index contributed by atoms with van der Waals surface area (Å²) >= 11 is 0. The van der Waals surface area contributed by atoms with Crippen molar-refractivity contribution >= 4 is 5.91 Å². The molecule has 1 aromatic rings. The SMILES string of the molecule is CNCCCN(C)CC(=O)NCc1ccccc1F. The Bertz CT molecular complexity index is 398. The van der Waals surface area contributed by atoms with Crippen molar-refractivity contribution in [2.24, 2.45) is 0 Å². The second-order valence-electron chi connectivity index (χ2n) is 4.56. The predicted octanol–water partition coefficient (Wildman–Crippen LogP) is 0.983. The third kappa shape index (κ3) is 6.31. The largest absolute Gasteiger partial charge is 0.351 e. The van der Waals surface area contributed by atoms with Crippen LogP contribution >= 0.6 is 0 Å². The van der Waals surface area contributed by atoms with Gasteiger partial charge in [0.2, 0.25) is 5.91 Å². The molecule has 0 bridgehead atoms. The molecule has 106 valence electrons. The van der Waals surface area contributed by atoms with Crippen LogP contribution in [0.15, 0.2) is 24.3 Å². The van der Waals surface area contributed by atoms with Crippen LogP contribution in [0.25, 0.3) is 0 Å². The molecule has 2 N–H and O–H groups in total. The lowest BCUT2D eigenvalue weighted by atomic mass is 10.2. The number of hydrogen-bond acceptors (Lipinski definition) is 3. The van der Waals surface area contributed by atoms with Gasteiger partial charge in [-0.15, -0.1) is 0 Å². The van der Waals surface area contributed by atoms with E-state index in [0.717, 1.165) is 19.5 Å². The molecule has 0 unspecified atom stereocenters. The van der Waals surface area contributed by atoms with E-state index in [4.69, 9.17) is 0 Å². The maximum Gasteiger partial charge on any atom is 0.234 e. The average molecular weight is 267 g/mol. The monoisotopic (exact) mass is 267 g/mol. The molecule has 19 heavy (non-hydrogen) atoms. The summed E-state index contributed by atoms with van der Waals surface area (Å²) in [6, 6.07) is 6.46. The summed E-state index contributed by atoms with van der Waals surface area (Å²) in [5.74, 6) is -0.375. The highest BCUT2D eigenvalue weighted by molar-refractivity contribution is 5.77. The number of benzene rings is 1. The van der Waals surface area contributed by atoms with E-state index < -0.39 is 0 Å². The standard InChI is InChI=1S/C14H22FN3O/c1-16-8-5-9-18(2)11-14(19)17-10-12-6-3-4-7-13(12)15/h3-4,6-7,16H,5,8-11H2,1-2H3,(H,17,19). The molecule has 0 aromatic heterocycles. The first kappa shape index (κ1) is 15.6. The first-order valence-electron chi connectivity index (χ1n) is 6.46. The molecule has 0 saturated carbocycles. The molecule has 1 aromatic carbocycles. The van der Waals surface area contributed by atoms with Crippen LogP contribution in [0, 0.1) is 5.82 Å². The Hall–Kier alpha value is -1.46. The van der Waals surface area contributed by atoms with E-state index in [1.54, 1.807) is 18.2 Å². The summed E-state index contributed by atoms with van der Waals surface area (Å²) in [6.07, 6.45) is 0.994. The predicted molar refractivity (Wildman–Crippen MR) is 74.3 cm³/mol. The highest BCUT2D eigenvalue weighted by Gasteiger charge is 2.07. The smallest absolute Gasteiger partial charge is 0.234 e. The summed E-state index contributed by atoms with van der Waals surface area (Å²) in [6.45, 7) is 2.35. The highest BCUT2D eigenvalue weighted by Crippen LogP contribution is 2.05. The molecule has 0 radical (unpaired) electrons. The molecule has 0 fully saturated rings. The number of nitrogens with one attached hydrogen (secondary N) is 2. The van der Waals surface area contributed by atoms with Gasteiger partial charge in [0.15, 0.2) is 0 Å².